The number of nitrogens with one attached hydrogen (secondary N) is 2. The second-order valence-electron chi connectivity index (χ2n) is 3.99. The Balaban J connectivity index is -0.00000128. The molecule has 2 N–H and O–H groups in total. The lowest BCUT2D eigenvalue weighted by atomic mass is 10.2. The van der Waals surface area contributed by atoms with E-state index >= 15 is 0 Å². The molecular weight excluding hydrogens is 214 g/mol. The molecule has 0 rings (SSSR count). The van der Waals surface area contributed by atoms with Crippen LogP contribution < -0.4 is 10.6 Å². The first kappa shape index (κ1) is 15.8. The SMILES string of the molecule is CCCCNC/C(C)=C/C(=NC)C(=O)NCC.[HH].[HH]. The lowest BCUT2D eigenvalue weighted by molar-refractivity contribution is -0.114. The molecule has 0 unspecified atom stereocenters. The van der Waals surface area contributed by atoms with Crippen molar-refractivity contribution in [3.8, 4) is 0 Å². The Morgan fingerprint density at radius 1 is 1.41 bits per heavy atom. The highest BCUT2D eigenvalue weighted by atomic mass is 16.1. The van der Waals surface area contributed by atoms with Crippen molar-refractivity contribution in [3.05, 3.63) is 11.6 Å². The fourth-order valence-electron chi connectivity index (χ4n) is 1.35. The van der Waals surface area contributed by atoms with Crippen LogP contribution >= 0.6 is 0 Å². The van der Waals surface area contributed by atoms with Gasteiger partial charge in [-0.15, -0.1) is 0 Å². The highest BCUT2D eigenvalue weighted by Crippen LogP contribution is 1.94. The molecule has 0 fully saturated rings. The maximum absolute atomic E-state index is 11.6. The van der Waals surface area contributed by atoms with Crippen LogP contribution in [0.5, 0.6) is 0 Å². The monoisotopic (exact) mass is 243 g/mol. The third-order valence-corrected chi connectivity index (χ3v) is 2.30. The molecule has 4 heteroatoms. The predicted molar refractivity (Wildman–Crippen MR) is 77.8 cm³/mol. The van der Waals surface area contributed by atoms with Crippen LogP contribution in [-0.4, -0.2) is 38.3 Å². The van der Waals surface area contributed by atoms with Crippen LogP contribution in [0.25, 0.3) is 0 Å². The fourth-order valence-corrected chi connectivity index (χ4v) is 1.35. The van der Waals surface area contributed by atoms with Crippen molar-refractivity contribution in [3.63, 3.8) is 0 Å². The summed E-state index contributed by atoms with van der Waals surface area (Å²) in [5, 5.41) is 6.08. The zero-order valence-electron chi connectivity index (χ0n) is 11.5. The van der Waals surface area contributed by atoms with Gasteiger partial charge in [0, 0.05) is 23.0 Å². The van der Waals surface area contributed by atoms with Crippen molar-refractivity contribution >= 4 is 11.6 Å². The van der Waals surface area contributed by atoms with E-state index in [1.807, 2.05) is 19.9 Å². The Hall–Kier alpha value is -1.16. The van der Waals surface area contributed by atoms with E-state index in [2.05, 4.69) is 22.5 Å². The van der Waals surface area contributed by atoms with Gasteiger partial charge in [0.2, 0.25) is 0 Å². The van der Waals surface area contributed by atoms with Gasteiger partial charge in [0.1, 0.15) is 5.71 Å². The van der Waals surface area contributed by atoms with Gasteiger partial charge in [0.25, 0.3) is 5.91 Å². The van der Waals surface area contributed by atoms with Crippen molar-refractivity contribution in [2.75, 3.05) is 26.7 Å². The number of carbonyl (C=O) groups is 1. The number of hydrogen-bond acceptors (Lipinski definition) is 3. The van der Waals surface area contributed by atoms with E-state index in [0.717, 1.165) is 18.7 Å². The van der Waals surface area contributed by atoms with Gasteiger partial charge in [-0.1, -0.05) is 18.9 Å². The minimum atomic E-state index is -0.108. The molecule has 17 heavy (non-hydrogen) atoms. The van der Waals surface area contributed by atoms with Crippen LogP contribution in [0.1, 0.15) is 36.5 Å². The first-order chi connectivity index (χ1) is 8.15. The summed E-state index contributed by atoms with van der Waals surface area (Å²) in [5.41, 5.74) is 1.61. The number of unbranched alkanes of at least 4 members (excludes halogenated alkanes) is 1. The van der Waals surface area contributed by atoms with Crippen molar-refractivity contribution in [2.45, 2.75) is 33.6 Å². The average Bonchev–Trinajstić information content (AvgIpc) is 2.32. The number of rotatable bonds is 8. The standard InChI is InChI=1S/C13H25N3O.2H2/c1-5-7-8-15-10-11(3)9-12(14-4)13(17)16-6-2;;/h9,15H,5-8,10H2,1-4H3,(H,16,17);2*1H/b11-9+,14-12?;;. The molecule has 0 heterocycles. The van der Waals surface area contributed by atoms with Gasteiger partial charge in [-0.25, -0.2) is 0 Å². The molecule has 0 aromatic carbocycles. The summed E-state index contributed by atoms with van der Waals surface area (Å²) in [6, 6.07) is 0. The van der Waals surface area contributed by atoms with Gasteiger partial charge >= 0.3 is 0 Å². The van der Waals surface area contributed by atoms with Crippen LogP contribution in [0.15, 0.2) is 16.6 Å². The van der Waals surface area contributed by atoms with Crippen LogP contribution in [-0.2, 0) is 4.79 Å². The van der Waals surface area contributed by atoms with E-state index in [4.69, 9.17) is 0 Å². The minimum Gasteiger partial charge on any atom is -0.351 e. The lowest BCUT2D eigenvalue weighted by Gasteiger charge is -2.06. The smallest absolute Gasteiger partial charge is 0.269 e. The summed E-state index contributed by atoms with van der Waals surface area (Å²) in [6.45, 7) is 8.51. The molecule has 0 aromatic rings. The van der Waals surface area contributed by atoms with Gasteiger partial charge < -0.3 is 10.6 Å². The first-order valence-electron chi connectivity index (χ1n) is 6.28. The summed E-state index contributed by atoms with van der Waals surface area (Å²) in [4.78, 5) is 15.6. The topological polar surface area (TPSA) is 53.5 Å². The molecule has 0 spiro atoms. The zero-order chi connectivity index (χ0) is 13.1. The summed E-state index contributed by atoms with van der Waals surface area (Å²) >= 11 is 0. The number of hydrogen-bond donors (Lipinski definition) is 2. The second kappa shape index (κ2) is 10.0. The van der Waals surface area contributed by atoms with E-state index in [9.17, 15) is 4.79 Å². The molecule has 0 atom stereocenters. The molecule has 1 amide bonds. The molecule has 0 aliphatic rings. The summed E-state index contributed by atoms with van der Waals surface area (Å²) < 4.78 is 0. The Kier molecular flexibility index (Phi) is 9.34. The third kappa shape index (κ3) is 7.69. The van der Waals surface area contributed by atoms with Crippen LogP contribution in [0.3, 0.4) is 0 Å². The normalized spacial score (nSPS) is 12.7. The van der Waals surface area contributed by atoms with Crippen LogP contribution in [0.4, 0.5) is 0 Å². The van der Waals surface area contributed by atoms with E-state index < -0.39 is 0 Å². The van der Waals surface area contributed by atoms with Crippen molar-refractivity contribution in [1.29, 1.82) is 0 Å². The van der Waals surface area contributed by atoms with Crippen molar-refractivity contribution in [2.24, 2.45) is 4.99 Å². The second-order valence-corrected chi connectivity index (χ2v) is 3.99. The maximum Gasteiger partial charge on any atom is 0.269 e. The lowest BCUT2D eigenvalue weighted by Crippen LogP contribution is -2.30. The third-order valence-electron chi connectivity index (χ3n) is 2.30. The number of amides is 1. The maximum atomic E-state index is 11.6. The van der Waals surface area contributed by atoms with E-state index in [-0.39, 0.29) is 8.76 Å². The number of aliphatic imine (C=N–C) groups is 1. The Morgan fingerprint density at radius 2 is 2.12 bits per heavy atom. The Bertz CT molecular complexity index is 292. The van der Waals surface area contributed by atoms with Crippen molar-refractivity contribution < 1.29 is 7.65 Å². The Labute approximate surface area is 108 Å². The highest BCUT2D eigenvalue weighted by molar-refractivity contribution is 6.43. The zero-order valence-corrected chi connectivity index (χ0v) is 11.5. The number of nitrogens with zero attached hydrogens (tertiary/aromatic N) is 1. The number of carbonyl (C=O) groups excluding carboxylic acids is 1. The first-order valence-corrected chi connectivity index (χ1v) is 6.28. The molecule has 0 radical (unpaired) electrons. The Morgan fingerprint density at radius 3 is 2.65 bits per heavy atom. The quantitative estimate of drug-likeness (QED) is 0.506. The predicted octanol–water partition coefficient (Wildman–Crippen LogP) is 2.02. The summed E-state index contributed by atoms with van der Waals surface area (Å²) in [6.07, 6.45) is 4.21. The van der Waals surface area contributed by atoms with Crippen LogP contribution in [0.2, 0.25) is 0 Å². The molecule has 0 saturated carbocycles. The molecule has 0 aliphatic heterocycles. The highest BCUT2D eigenvalue weighted by Gasteiger charge is 2.06. The largest absolute Gasteiger partial charge is 0.351 e. The molecule has 4 nitrogen and oxygen atoms in total. The van der Waals surface area contributed by atoms with Crippen molar-refractivity contribution in [1.82, 2.24) is 10.6 Å². The summed E-state index contributed by atoms with van der Waals surface area (Å²) in [5.74, 6) is -0.108. The molecule has 0 aliphatic carbocycles. The van der Waals surface area contributed by atoms with Gasteiger partial charge in [0.15, 0.2) is 0 Å². The average molecular weight is 243 g/mol. The van der Waals surface area contributed by atoms with E-state index in [1.165, 1.54) is 12.8 Å². The molecule has 0 aromatic heterocycles. The van der Waals surface area contributed by atoms with Gasteiger partial charge in [-0.2, -0.15) is 0 Å². The fraction of sp³-hybridized carbons (Fsp3) is 0.692. The van der Waals surface area contributed by atoms with Gasteiger partial charge in [-0.3, -0.25) is 9.79 Å². The van der Waals surface area contributed by atoms with E-state index in [1.54, 1.807) is 7.05 Å². The van der Waals surface area contributed by atoms with E-state index in [0.29, 0.717) is 12.3 Å². The van der Waals surface area contributed by atoms with Gasteiger partial charge in [-0.05, 0) is 32.9 Å². The summed E-state index contributed by atoms with van der Waals surface area (Å²) in [7, 11) is 1.64. The minimum absolute atomic E-state index is 0. The molecular formula is C13H29N3O. The molecule has 0 saturated heterocycles. The van der Waals surface area contributed by atoms with Crippen LogP contribution in [0, 0.1) is 0 Å². The molecule has 0 bridgehead atoms. The molecule has 102 valence electrons. The van der Waals surface area contributed by atoms with Gasteiger partial charge in [0.05, 0.1) is 0 Å².